The number of carbonyl (C=O) groups excluding carboxylic acids is 2. The third kappa shape index (κ3) is 3.10. The Morgan fingerprint density at radius 3 is 2.95 bits per heavy atom. The molecule has 0 aliphatic carbocycles. The summed E-state index contributed by atoms with van der Waals surface area (Å²) in [6, 6.07) is 3.34. The number of pyridine rings is 1. The summed E-state index contributed by atoms with van der Waals surface area (Å²) in [4.78, 5) is 29.3. The van der Waals surface area contributed by atoms with Gasteiger partial charge in [-0.3, -0.25) is 4.79 Å². The van der Waals surface area contributed by atoms with Crippen molar-refractivity contribution in [2.24, 2.45) is 5.92 Å². The Bertz CT molecular complexity index is 487. The highest BCUT2D eigenvalue weighted by atomic mass is 16.5. The van der Waals surface area contributed by atoms with Gasteiger partial charge >= 0.3 is 5.97 Å². The number of rotatable bonds is 3. The van der Waals surface area contributed by atoms with Crippen LogP contribution in [0.25, 0.3) is 0 Å². The Hall–Kier alpha value is -1.91. The molecule has 1 aliphatic heterocycles. The van der Waals surface area contributed by atoms with Crippen LogP contribution in [0.15, 0.2) is 18.3 Å². The monoisotopic (exact) mass is 262 g/mol. The van der Waals surface area contributed by atoms with Crippen LogP contribution in [-0.2, 0) is 9.53 Å². The molecule has 1 fully saturated rings. The number of piperidine rings is 1. The zero-order chi connectivity index (χ0) is 13.8. The van der Waals surface area contributed by atoms with Crippen molar-refractivity contribution in [3.63, 3.8) is 0 Å². The van der Waals surface area contributed by atoms with Gasteiger partial charge < -0.3 is 9.64 Å². The van der Waals surface area contributed by atoms with Gasteiger partial charge in [-0.25, -0.2) is 9.78 Å². The van der Waals surface area contributed by atoms with E-state index in [0.717, 1.165) is 25.2 Å². The minimum Gasteiger partial charge on any atom is -0.465 e. The minimum atomic E-state index is -0.372. The molecule has 0 spiro atoms. The molecular formula is C14H18N2O3. The second kappa shape index (κ2) is 5.82. The molecule has 102 valence electrons. The maximum Gasteiger partial charge on any atom is 0.338 e. The maximum atomic E-state index is 11.5. The van der Waals surface area contributed by atoms with Crippen molar-refractivity contribution in [3.8, 4) is 0 Å². The molecule has 1 atom stereocenters. The number of ether oxygens (including phenoxy) is 1. The smallest absolute Gasteiger partial charge is 0.338 e. The topological polar surface area (TPSA) is 59.5 Å². The third-order valence-electron chi connectivity index (χ3n) is 3.49. The van der Waals surface area contributed by atoms with Crippen LogP contribution in [0.1, 0.15) is 30.1 Å². The van der Waals surface area contributed by atoms with E-state index >= 15 is 0 Å². The van der Waals surface area contributed by atoms with Gasteiger partial charge in [-0.2, -0.15) is 0 Å². The summed E-state index contributed by atoms with van der Waals surface area (Å²) in [5.74, 6) is 0.642. The van der Waals surface area contributed by atoms with E-state index in [2.05, 4.69) is 9.88 Å². The van der Waals surface area contributed by atoms with Crippen molar-refractivity contribution in [3.05, 3.63) is 23.9 Å². The summed E-state index contributed by atoms with van der Waals surface area (Å²) in [6.07, 6.45) is 3.50. The number of hydrogen-bond donors (Lipinski definition) is 0. The van der Waals surface area contributed by atoms with E-state index in [9.17, 15) is 9.59 Å². The van der Waals surface area contributed by atoms with E-state index in [1.54, 1.807) is 25.3 Å². The second-order valence-electron chi connectivity index (χ2n) is 4.79. The van der Waals surface area contributed by atoms with E-state index < -0.39 is 0 Å². The normalized spacial score (nSPS) is 19.1. The molecule has 0 bridgehead atoms. The molecule has 1 aromatic heterocycles. The summed E-state index contributed by atoms with van der Waals surface area (Å²) in [7, 11) is 1.36. The van der Waals surface area contributed by atoms with Crippen molar-refractivity contribution < 1.29 is 14.3 Å². The van der Waals surface area contributed by atoms with Crippen molar-refractivity contribution in [1.29, 1.82) is 0 Å². The van der Waals surface area contributed by atoms with Crippen LogP contribution in [0.3, 0.4) is 0 Å². The van der Waals surface area contributed by atoms with Crippen molar-refractivity contribution in [1.82, 2.24) is 4.98 Å². The molecule has 0 saturated carbocycles. The van der Waals surface area contributed by atoms with Crippen LogP contribution < -0.4 is 4.90 Å². The number of methoxy groups -OCH3 is 1. The summed E-state index contributed by atoms with van der Waals surface area (Å²) < 4.78 is 4.70. The van der Waals surface area contributed by atoms with E-state index in [1.165, 1.54) is 7.11 Å². The maximum absolute atomic E-state index is 11.5. The molecule has 0 amide bonds. The first-order valence-corrected chi connectivity index (χ1v) is 6.41. The lowest BCUT2D eigenvalue weighted by molar-refractivity contribution is -0.120. The first-order chi connectivity index (χ1) is 9.11. The molecular weight excluding hydrogens is 244 g/mol. The summed E-state index contributed by atoms with van der Waals surface area (Å²) in [6.45, 7) is 3.17. The fourth-order valence-corrected chi connectivity index (χ4v) is 2.35. The second-order valence-corrected chi connectivity index (χ2v) is 4.79. The minimum absolute atomic E-state index is 0.0670. The average Bonchev–Trinajstić information content (AvgIpc) is 2.46. The SMILES string of the molecule is COC(=O)c1ccnc(N2CCCC(C(C)=O)C2)c1. The quantitative estimate of drug-likeness (QED) is 0.775. The molecule has 0 aromatic carbocycles. The summed E-state index contributed by atoms with van der Waals surface area (Å²) in [5, 5.41) is 0. The Labute approximate surface area is 112 Å². The van der Waals surface area contributed by atoms with Gasteiger partial charge in [0.1, 0.15) is 11.6 Å². The van der Waals surface area contributed by atoms with Gasteiger partial charge in [0.05, 0.1) is 12.7 Å². The number of nitrogens with zero attached hydrogens (tertiary/aromatic N) is 2. The Kier molecular flexibility index (Phi) is 4.14. The predicted octanol–water partition coefficient (Wildman–Crippen LogP) is 1.67. The molecule has 1 aliphatic rings. The predicted molar refractivity (Wildman–Crippen MR) is 71.2 cm³/mol. The lowest BCUT2D eigenvalue weighted by Gasteiger charge is -2.32. The van der Waals surface area contributed by atoms with Gasteiger partial charge in [-0.15, -0.1) is 0 Å². The van der Waals surface area contributed by atoms with Gasteiger partial charge in [-0.1, -0.05) is 0 Å². The number of carbonyl (C=O) groups is 2. The van der Waals surface area contributed by atoms with Crippen LogP contribution in [0, 0.1) is 5.92 Å². The molecule has 1 aromatic rings. The standard InChI is InChI=1S/C14H18N2O3/c1-10(17)12-4-3-7-16(9-12)13-8-11(5-6-15-13)14(18)19-2/h5-6,8,12H,3-4,7,9H2,1-2H3. The first kappa shape index (κ1) is 13.5. The lowest BCUT2D eigenvalue weighted by atomic mass is 9.94. The molecule has 5 heteroatoms. The van der Waals surface area contributed by atoms with E-state index in [0.29, 0.717) is 12.1 Å². The molecule has 2 rings (SSSR count). The highest BCUT2D eigenvalue weighted by Gasteiger charge is 2.24. The number of ketones is 1. The summed E-state index contributed by atoms with van der Waals surface area (Å²) >= 11 is 0. The molecule has 19 heavy (non-hydrogen) atoms. The summed E-state index contributed by atoms with van der Waals surface area (Å²) in [5.41, 5.74) is 0.484. The van der Waals surface area contributed by atoms with E-state index in [1.807, 2.05) is 0 Å². The number of anilines is 1. The van der Waals surface area contributed by atoms with Crippen LogP contribution >= 0.6 is 0 Å². The van der Waals surface area contributed by atoms with Crippen LogP contribution in [0.2, 0.25) is 0 Å². The highest BCUT2D eigenvalue weighted by Crippen LogP contribution is 2.22. The Balaban J connectivity index is 2.17. The van der Waals surface area contributed by atoms with Gasteiger partial charge in [-0.05, 0) is 31.9 Å². The molecule has 5 nitrogen and oxygen atoms in total. The highest BCUT2D eigenvalue weighted by molar-refractivity contribution is 5.90. The zero-order valence-corrected chi connectivity index (χ0v) is 11.3. The lowest BCUT2D eigenvalue weighted by Crippen LogP contribution is -2.38. The third-order valence-corrected chi connectivity index (χ3v) is 3.49. The molecule has 1 saturated heterocycles. The number of esters is 1. The first-order valence-electron chi connectivity index (χ1n) is 6.41. The van der Waals surface area contributed by atoms with Crippen LogP contribution in [0.4, 0.5) is 5.82 Å². The Morgan fingerprint density at radius 1 is 1.47 bits per heavy atom. The fraction of sp³-hybridized carbons (Fsp3) is 0.500. The van der Waals surface area contributed by atoms with Gasteiger partial charge in [0.15, 0.2) is 0 Å². The van der Waals surface area contributed by atoms with Crippen molar-refractivity contribution >= 4 is 17.6 Å². The number of Topliss-reactive ketones (excluding diaryl/α,β-unsaturated/α-hetero) is 1. The number of aromatic nitrogens is 1. The van der Waals surface area contributed by atoms with Gasteiger partial charge in [0.2, 0.25) is 0 Å². The largest absolute Gasteiger partial charge is 0.465 e. The van der Waals surface area contributed by atoms with E-state index in [-0.39, 0.29) is 17.7 Å². The Morgan fingerprint density at radius 2 is 2.26 bits per heavy atom. The number of hydrogen-bond acceptors (Lipinski definition) is 5. The van der Waals surface area contributed by atoms with Crippen molar-refractivity contribution in [2.45, 2.75) is 19.8 Å². The van der Waals surface area contributed by atoms with Crippen LogP contribution in [-0.4, -0.2) is 36.9 Å². The van der Waals surface area contributed by atoms with Gasteiger partial charge in [0.25, 0.3) is 0 Å². The van der Waals surface area contributed by atoms with Crippen LogP contribution in [0.5, 0.6) is 0 Å². The van der Waals surface area contributed by atoms with E-state index in [4.69, 9.17) is 4.74 Å². The molecule has 1 unspecified atom stereocenters. The van der Waals surface area contributed by atoms with Gasteiger partial charge in [0, 0.05) is 25.2 Å². The average molecular weight is 262 g/mol. The molecule has 0 radical (unpaired) electrons. The fourth-order valence-electron chi connectivity index (χ4n) is 2.35. The zero-order valence-electron chi connectivity index (χ0n) is 11.3. The van der Waals surface area contributed by atoms with Crippen molar-refractivity contribution in [2.75, 3.05) is 25.1 Å². The molecule has 2 heterocycles. The molecule has 0 N–H and O–H groups in total.